The fourth-order valence-electron chi connectivity index (χ4n) is 3.11. The van der Waals surface area contributed by atoms with E-state index in [9.17, 15) is 14.4 Å². The number of carbonyl (C=O) groups is 3. The molecule has 1 aromatic rings. The zero-order chi connectivity index (χ0) is 19.5. The summed E-state index contributed by atoms with van der Waals surface area (Å²) in [4.78, 5) is 39.5. The number of rotatable bonds is 4. The number of hydrogen-bond donors (Lipinski definition) is 3. The molecule has 2 rings (SSSR count). The van der Waals surface area contributed by atoms with Gasteiger partial charge in [-0.2, -0.15) is 0 Å². The van der Waals surface area contributed by atoms with Crippen molar-refractivity contribution in [2.45, 2.75) is 45.7 Å². The minimum absolute atomic E-state index is 0.0936. The second-order valence-electron chi connectivity index (χ2n) is 7.99. The second kappa shape index (κ2) is 7.86. The van der Waals surface area contributed by atoms with E-state index >= 15 is 0 Å². The van der Waals surface area contributed by atoms with Gasteiger partial charge in [-0.3, -0.25) is 14.4 Å². The molecule has 0 radical (unpaired) electrons. The minimum atomic E-state index is -0.300. The number of nitrogens with zero attached hydrogens (tertiary/aromatic N) is 1. The van der Waals surface area contributed by atoms with Crippen LogP contribution in [0.1, 0.15) is 34.1 Å². The van der Waals surface area contributed by atoms with E-state index in [-0.39, 0.29) is 48.8 Å². The maximum atomic E-state index is 12.9. The third-order valence-corrected chi connectivity index (χ3v) is 4.06. The van der Waals surface area contributed by atoms with Crippen LogP contribution in [0.25, 0.3) is 0 Å². The molecule has 1 heterocycles. The van der Waals surface area contributed by atoms with Gasteiger partial charge >= 0.3 is 0 Å². The molecular formula is C19H29N4O3+. The Labute approximate surface area is 154 Å². The summed E-state index contributed by atoms with van der Waals surface area (Å²) in [5.74, 6) is -0.308. The van der Waals surface area contributed by atoms with E-state index in [0.29, 0.717) is 11.4 Å². The molecule has 0 spiro atoms. The predicted molar refractivity (Wildman–Crippen MR) is 101 cm³/mol. The van der Waals surface area contributed by atoms with Crippen molar-refractivity contribution in [3.8, 4) is 0 Å². The van der Waals surface area contributed by atoms with Crippen LogP contribution in [-0.2, 0) is 14.4 Å². The first kappa shape index (κ1) is 19.9. The molecule has 7 nitrogen and oxygen atoms in total. The molecular weight excluding hydrogens is 332 g/mol. The molecule has 7 heteroatoms. The van der Waals surface area contributed by atoms with Crippen LogP contribution in [0.3, 0.4) is 0 Å². The number of anilines is 2. The predicted octanol–water partition coefficient (Wildman–Crippen LogP) is 0.180. The highest BCUT2D eigenvalue weighted by Gasteiger charge is 2.31. The minimum Gasteiger partial charge on any atom is -0.347 e. The van der Waals surface area contributed by atoms with Gasteiger partial charge in [0.15, 0.2) is 13.1 Å². The Kier molecular flexibility index (Phi) is 6.02. The van der Waals surface area contributed by atoms with Gasteiger partial charge in [0.1, 0.15) is 0 Å². The summed E-state index contributed by atoms with van der Waals surface area (Å²) in [6.07, 6.45) is 0.240. The van der Waals surface area contributed by atoms with E-state index in [1.165, 1.54) is 0 Å². The third-order valence-electron chi connectivity index (χ3n) is 4.06. The highest BCUT2D eigenvalue weighted by Crippen LogP contribution is 2.30. The van der Waals surface area contributed by atoms with E-state index in [1.807, 2.05) is 52.9 Å². The van der Waals surface area contributed by atoms with Gasteiger partial charge in [-0.05, 0) is 39.8 Å². The standard InChI is InChI=1S/C19H28N4O3/c1-13-10-16(24)20-14-8-6-7-9-15(14)23(13)18(26)12-22(5)11-17(25)21-19(2,3)4/h6-9,13H,10-12H2,1-5H3,(H,20,24)(H,21,25)/p+1/t13-/m1/s1. The van der Waals surface area contributed by atoms with Crippen LogP contribution in [0.4, 0.5) is 11.4 Å². The molecule has 1 aliphatic heterocycles. The van der Waals surface area contributed by atoms with Crippen molar-refractivity contribution in [3.05, 3.63) is 24.3 Å². The lowest BCUT2D eigenvalue weighted by Gasteiger charge is -2.28. The van der Waals surface area contributed by atoms with Crippen molar-refractivity contribution in [2.24, 2.45) is 0 Å². The average Bonchev–Trinajstić information content (AvgIpc) is 2.58. The topological polar surface area (TPSA) is 83.0 Å². The number of carbonyl (C=O) groups excluding carboxylic acids is 3. The Morgan fingerprint density at radius 3 is 2.58 bits per heavy atom. The van der Waals surface area contributed by atoms with E-state index in [1.54, 1.807) is 11.0 Å². The molecule has 0 saturated carbocycles. The number of fused-ring (bicyclic) bond motifs is 1. The van der Waals surface area contributed by atoms with Crippen molar-refractivity contribution in [3.63, 3.8) is 0 Å². The molecule has 1 aromatic carbocycles. The van der Waals surface area contributed by atoms with Gasteiger partial charge in [0.05, 0.1) is 18.4 Å². The molecule has 142 valence electrons. The van der Waals surface area contributed by atoms with Crippen LogP contribution in [0, 0.1) is 0 Å². The summed E-state index contributed by atoms with van der Waals surface area (Å²) < 4.78 is 0. The second-order valence-corrected chi connectivity index (χ2v) is 7.99. The highest BCUT2D eigenvalue weighted by molar-refractivity contribution is 6.04. The third kappa shape index (κ3) is 5.29. The maximum absolute atomic E-state index is 12.9. The number of hydrogen-bond acceptors (Lipinski definition) is 3. The molecule has 3 N–H and O–H groups in total. The van der Waals surface area contributed by atoms with Crippen LogP contribution in [-0.4, -0.2) is 49.4 Å². The summed E-state index contributed by atoms with van der Waals surface area (Å²) >= 11 is 0. The maximum Gasteiger partial charge on any atom is 0.282 e. The number of nitrogens with one attached hydrogen (secondary N) is 3. The molecule has 0 aromatic heterocycles. The van der Waals surface area contributed by atoms with E-state index < -0.39 is 0 Å². The molecule has 26 heavy (non-hydrogen) atoms. The molecule has 0 fully saturated rings. The van der Waals surface area contributed by atoms with Crippen LogP contribution in [0.2, 0.25) is 0 Å². The van der Waals surface area contributed by atoms with Gasteiger partial charge in [-0.1, -0.05) is 12.1 Å². The van der Waals surface area contributed by atoms with Crippen LogP contribution < -0.4 is 20.4 Å². The Morgan fingerprint density at radius 1 is 1.27 bits per heavy atom. The van der Waals surface area contributed by atoms with E-state index in [4.69, 9.17) is 0 Å². The van der Waals surface area contributed by atoms with Crippen molar-refractivity contribution in [1.29, 1.82) is 0 Å². The molecule has 3 amide bonds. The zero-order valence-corrected chi connectivity index (χ0v) is 16.2. The lowest BCUT2D eigenvalue weighted by Crippen LogP contribution is -3.11. The van der Waals surface area contributed by atoms with Crippen LogP contribution in [0.5, 0.6) is 0 Å². The Balaban J connectivity index is 2.10. The van der Waals surface area contributed by atoms with Gasteiger partial charge in [0.2, 0.25) is 5.91 Å². The number of para-hydroxylation sites is 2. The number of likely N-dealkylation sites (N-methyl/N-ethyl adjacent to an activating group) is 1. The summed E-state index contributed by atoms with van der Waals surface area (Å²) in [6, 6.07) is 7.04. The number of amides is 3. The SMILES string of the molecule is C[C@@H]1CC(=O)Nc2ccccc2N1C(=O)C[NH+](C)CC(=O)NC(C)(C)C. The first-order valence-electron chi connectivity index (χ1n) is 8.90. The van der Waals surface area contributed by atoms with Crippen LogP contribution in [0.15, 0.2) is 24.3 Å². The normalized spacial score (nSPS) is 18.4. The molecule has 0 saturated heterocycles. The Bertz CT molecular complexity index is 696. The molecule has 0 bridgehead atoms. The van der Waals surface area contributed by atoms with E-state index in [2.05, 4.69) is 10.6 Å². The van der Waals surface area contributed by atoms with E-state index in [0.717, 1.165) is 4.90 Å². The quantitative estimate of drug-likeness (QED) is 0.715. The lowest BCUT2D eigenvalue weighted by atomic mass is 10.1. The van der Waals surface area contributed by atoms with Crippen LogP contribution >= 0.6 is 0 Å². The first-order chi connectivity index (χ1) is 12.1. The summed E-state index contributed by atoms with van der Waals surface area (Å²) in [5.41, 5.74) is 1.03. The molecule has 0 aliphatic carbocycles. The largest absolute Gasteiger partial charge is 0.347 e. The van der Waals surface area contributed by atoms with Gasteiger partial charge in [-0.25, -0.2) is 0 Å². The fourth-order valence-corrected chi connectivity index (χ4v) is 3.11. The lowest BCUT2D eigenvalue weighted by molar-refractivity contribution is -0.862. The molecule has 2 atom stereocenters. The zero-order valence-electron chi connectivity index (χ0n) is 16.2. The smallest absolute Gasteiger partial charge is 0.282 e. The van der Waals surface area contributed by atoms with Crippen molar-refractivity contribution in [2.75, 3.05) is 30.4 Å². The molecule has 1 unspecified atom stereocenters. The monoisotopic (exact) mass is 361 g/mol. The van der Waals surface area contributed by atoms with Gasteiger partial charge in [-0.15, -0.1) is 0 Å². The number of quaternary nitrogens is 1. The summed E-state index contributed by atoms with van der Waals surface area (Å²) in [5, 5.41) is 5.75. The Morgan fingerprint density at radius 2 is 1.92 bits per heavy atom. The highest BCUT2D eigenvalue weighted by atomic mass is 16.2. The summed E-state index contributed by atoms with van der Waals surface area (Å²) in [6.45, 7) is 8.01. The average molecular weight is 361 g/mol. The van der Waals surface area contributed by atoms with Gasteiger partial charge in [0, 0.05) is 18.0 Å². The fraction of sp³-hybridized carbons (Fsp3) is 0.526. The Hall–Kier alpha value is -2.41. The molecule has 1 aliphatic rings. The number of benzene rings is 1. The van der Waals surface area contributed by atoms with Gasteiger partial charge in [0.25, 0.3) is 11.8 Å². The first-order valence-corrected chi connectivity index (χ1v) is 8.90. The summed E-state index contributed by atoms with van der Waals surface area (Å²) in [7, 11) is 1.82. The van der Waals surface area contributed by atoms with Crippen molar-refractivity contribution in [1.82, 2.24) is 5.32 Å². The van der Waals surface area contributed by atoms with Crippen molar-refractivity contribution >= 4 is 29.1 Å². The van der Waals surface area contributed by atoms with Gasteiger partial charge < -0.3 is 20.4 Å². The van der Waals surface area contributed by atoms with Crippen molar-refractivity contribution < 1.29 is 19.3 Å².